The van der Waals surface area contributed by atoms with Crippen LogP contribution in [0.25, 0.3) is 0 Å². The van der Waals surface area contributed by atoms with Gasteiger partial charge in [-0.15, -0.1) is 0 Å². The summed E-state index contributed by atoms with van der Waals surface area (Å²) in [5, 5.41) is 0.444. The number of sulfonamides is 1. The summed E-state index contributed by atoms with van der Waals surface area (Å²) in [7, 11) is -2.10. The maximum Gasteiger partial charge on any atom is 0.247 e. The van der Waals surface area contributed by atoms with Crippen LogP contribution in [0, 0.1) is 6.92 Å². The zero-order valence-electron chi connectivity index (χ0n) is 12.7. The maximum absolute atomic E-state index is 13.0. The molecule has 0 amide bonds. The summed E-state index contributed by atoms with van der Waals surface area (Å²) >= 11 is 6.12. The molecule has 2 rings (SSSR count). The Morgan fingerprint density at radius 3 is 2.71 bits per heavy atom. The smallest absolute Gasteiger partial charge is 0.247 e. The molecule has 118 valence electrons. The van der Waals surface area contributed by atoms with Gasteiger partial charge in [0.2, 0.25) is 10.0 Å². The summed E-state index contributed by atoms with van der Waals surface area (Å²) in [4.78, 5) is 0.168. The number of aryl methyl sites for hydroxylation is 1. The molecule has 0 unspecified atom stereocenters. The second kappa shape index (κ2) is 6.55. The van der Waals surface area contributed by atoms with E-state index in [0.29, 0.717) is 17.3 Å². The van der Waals surface area contributed by atoms with Gasteiger partial charge in [-0.05, 0) is 43.9 Å². The number of hydrogen-bond donors (Lipinski definition) is 0. The summed E-state index contributed by atoms with van der Waals surface area (Å²) in [6, 6.07) is 3.25. The first-order chi connectivity index (χ1) is 9.91. The molecular weight excluding hydrogens is 310 g/mol. The van der Waals surface area contributed by atoms with Crippen LogP contribution in [0.2, 0.25) is 5.02 Å². The van der Waals surface area contributed by atoms with Gasteiger partial charge in [0, 0.05) is 17.6 Å². The minimum absolute atomic E-state index is 0.0635. The van der Waals surface area contributed by atoms with E-state index in [9.17, 15) is 8.42 Å². The van der Waals surface area contributed by atoms with Gasteiger partial charge in [-0.2, -0.15) is 4.31 Å². The molecule has 6 heteroatoms. The van der Waals surface area contributed by atoms with E-state index in [2.05, 4.69) is 0 Å². The van der Waals surface area contributed by atoms with Crippen molar-refractivity contribution < 1.29 is 13.2 Å². The summed E-state index contributed by atoms with van der Waals surface area (Å²) in [6.07, 6.45) is 3.72. The predicted molar refractivity (Wildman–Crippen MR) is 84.6 cm³/mol. The number of rotatable bonds is 4. The predicted octanol–water partition coefficient (Wildman–Crippen LogP) is 3.61. The molecule has 0 N–H and O–H groups in total. The Bertz CT molecular complexity index is 616. The van der Waals surface area contributed by atoms with Gasteiger partial charge in [-0.3, -0.25) is 0 Å². The van der Waals surface area contributed by atoms with Crippen molar-refractivity contribution in [2.24, 2.45) is 0 Å². The first kappa shape index (κ1) is 16.6. The Balaban J connectivity index is 2.50. The molecular formula is C15H22ClNO3S. The minimum Gasteiger partial charge on any atom is -0.495 e. The number of benzene rings is 1. The summed E-state index contributed by atoms with van der Waals surface area (Å²) in [5.74, 6) is 0.359. The highest BCUT2D eigenvalue weighted by atomic mass is 35.5. The monoisotopic (exact) mass is 331 g/mol. The van der Waals surface area contributed by atoms with Crippen molar-refractivity contribution in [3.8, 4) is 5.75 Å². The quantitative estimate of drug-likeness (QED) is 0.846. The van der Waals surface area contributed by atoms with Crippen molar-refractivity contribution in [1.82, 2.24) is 4.31 Å². The topological polar surface area (TPSA) is 46.6 Å². The SMILES string of the molecule is CC[C@H]1CCCCN1S(=O)(=O)c1cc(Cl)c(C)cc1OC. The van der Waals surface area contributed by atoms with E-state index in [0.717, 1.165) is 31.2 Å². The minimum atomic E-state index is -3.58. The van der Waals surface area contributed by atoms with E-state index >= 15 is 0 Å². The molecule has 1 aliphatic heterocycles. The molecule has 4 nitrogen and oxygen atoms in total. The number of nitrogens with zero attached hydrogens (tertiary/aromatic N) is 1. The van der Waals surface area contributed by atoms with Gasteiger partial charge >= 0.3 is 0 Å². The summed E-state index contributed by atoms with van der Waals surface area (Å²) in [6.45, 7) is 4.42. The Hall–Kier alpha value is -0.780. The fraction of sp³-hybridized carbons (Fsp3) is 0.600. The molecule has 1 aliphatic rings. The highest BCUT2D eigenvalue weighted by molar-refractivity contribution is 7.89. The van der Waals surface area contributed by atoms with Gasteiger partial charge in [-0.1, -0.05) is 24.9 Å². The molecule has 1 heterocycles. The molecule has 1 saturated heterocycles. The molecule has 0 saturated carbocycles. The van der Waals surface area contributed by atoms with Crippen LogP contribution >= 0.6 is 11.6 Å². The van der Waals surface area contributed by atoms with Crippen LogP contribution in [0.3, 0.4) is 0 Å². The zero-order chi connectivity index (χ0) is 15.6. The van der Waals surface area contributed by atoms with Crippen LogP contribution in [0.4, 0.5) is 0 Å². The third-order valence-corrected chi connectivity index (χ3v) is 6.46. The van der Waals surface area contributed by atoms with Crippen molar-refractivity contribution in [2.75, 3.05) is 13.7 Å². The molecule has 1 atom stereocenters. The first-order valence-corrected chi connectivity index (χ1v) is 9.09. The van der Waals surface area contributed by atoms with E-state index in [4.69, 9.17) is 16.3 Å². The van der Waals surface area contributed by atoms with Crippen LogP contribution in [-0.4, -0.2) is 32.4 Å². The fourth-order valence-electron chi connectivity index (χ4n) is 2.82. The Kier molecular flexibility index (Phi) is 5.17. The molecule has 0 aliphatic carbocycles. The third kappa shape index (κ3) is 3.20. The van der Waals surface area contributed by atoms with Crippen LogP contribution < -0.4 is 4.74 Å². The molecule has 0 aromatic heterocycles. The fourth-order valence-corrected chi connectivity index (χ4v) is 4.98. The lowest BCUT2D eigenvalue weighted by Gasteiger charge is -2.34. The normalized spacial score (nSPS) is 20.5. The average Bonchev–Trinajstić information content (AvgIpc) is 2.49. The van der Waals surface area contributed by atoms with Gasteiger partial charge in [-0.25, -0.2) is 8.42 Å². The third-order valence-electron chi connectivity index (χ3n) is 4.08. The molecule has 0 bridgehead atoms. The highest BCUT2D eigenvalue weighted by Gasteiger charge is 2.34. The highest BCUT2D eigenvalue weighted by Crippen LogP contribution is 2.35. The first-order valence-electron chi connectivity index (χ1n) is 7.27. The van der Waals surface area contributed by atoms with Crippen molar-refractivity contribution in [3.05, 3.63) is 22.7 Å². The van der Waals surface area contributed by atoms with Crippen molar-refractivity contribution >= 4 is 21.6 Å². The van der Waals surface area contributed by atoms with E-state index in [1.54, 1.807) is 10.4 Å². The summed E-state index contributed by atoms with van der Waals surface area (Å²) in [5.41, 5.74) is 0.804. The van der Waals surface area contributed by atoms with E-state index in [1.807, 2.05) is 13.8 Å². The number of piperidine rings is 1. The van der Waals surface area contributed by atoms with Crippen LogP contribution in [0.15, 0.2) is 17.0 Å². The van der Waals surface area contributed by atoms with Crippen LogP contribution in [0.1, 0.15) is 38.2 Å². The lowest BCUT2D eigenvalue weighted by molar-refractivity contribution is 0.246. The van der Waals surface area contributed by atoms with Gasteiger partial charge in [0.05, 0.1) is 7.11 Å². The van der Waals surface area contributed by atoms with Gasteiger partial charge < -0.3 is 4.74 Å². The Morgan fingerprint density at radius 1 is 1.38 bits per heavy atom. The molecule has 1 aromatic rings. The lowest BCUT2D eigenvalue weighted by atomic mass is 10.0. The largest absolute Gasteiger partial charge is 0.495 e. The number of methoxy groups -OCH3 is 1. The van der Waals surface area contributed by atoms with Crippen molar-refractivity contribution in [1.29, 1.82) is 0 Å². The molecule has 0 spiro atoms. The molecule has 21 heavy (non-hydrogen) atoms. The van der Waals surface area contributed by atoms with Crippen molar-refractivity contribution in [2.45, 2.75) is 50.5 Å². The van der Waals surface area contributed by atoms with Gasteiger partial charge in [0.15, 0.2) is 0 Å². The number of halogens is 1. The average molecular weight is 332 g/mol. The zero-order valence-corrected chi connectivity index (χ0v) is 14.3. The van der Waals surface area contributed by atoms with E-state index in [1.165, 1.54) is 13.2 Å². The second-order valence-corrected chi connectivity index (χ2v) is 7.69. The van der Waals surface area contributed by atoms with Gasteiger partial charge in [0.25, 0.3) is 0 Å². The van der Waals surface area contributed by atoms with E-state index < -0.39 is 10.0 Å². The number of hydrogen-bond acceptors (Lipinski definition) is 3. The number of ether oxygens (including phenoxy) is 1. The summed E-state index contributed by atoms with van der Waals surface area (Å²) < 4.78 is 32.8. The second-order valence-electron chi connectivity index (χ2n) is 5.43. The lowest BCUT2D eigenvalue weighted by Crippen LogP contribution is -2.43. The van der Waals surface area contributed by atoms with E-state index in [-0.39, 0.29) is 10.9 Å². The van der Waals surface area contributed by atoms with Crippen LogP contribution in [-0.2, 0) is 10.0 Å². The molecule has 1 fully saturated rings. The standard InChI is InChI=1S/C15H22ClNO3S/c1-4-12-7-5-6-8-17(12)21(18,19)15-10-13(16)11(2)9-14(15)20-3/h9-10,12H,4-8H2,1-3H3/t12-/m0/s1. The molecule has 1 aromatic carbocycles. The van der Waals surface area contributed by atoms with Crippen LogP contribution in [0.5, 0.6) is 5.75 Å². The Labute approximate surface area is 132 Å². The van der Waals surface area contributed by atoms with Crippen molar-refractivity contribution in [3.63, 3.8) is 0 Å². The molecule has 0 radical (unpaired) electrons. The Morgan fingerprint density at radius 2 is 2.10 bits per heavy atom. The maximum atomic E-state index is 13.0. The van der Waals surface area contributed by atoms with Gasteiger partial charge in [0.1, 0.15) is 10.6 Å².